The van der Waals surface area contributed by atoms with Crippen molar-refractivity contribution in [2.75, 3.05) is 6.26 Å². The van der Waals surface area contributed by atoms with Gasteiger partial charge in [0.05, 0.1) is 10.9 Å². The minimum atomic E-state index is -3.20. The summed E-state index contributed by atoms with van der Waals surface area (Å²) >= 11 is 0. The Hall–Kier alpha value is -2.14. The number of rotatable bonds is 6. The van der Waals surface area contributed by atoms with Crippen LogP contribution >= 0.6 is 0 Å². The van der Waals surface area contributed by atoms with Gasteiger partial charge in [-0.3, -0.25) is 4.79 Å². The van der Waals surface area contributed by atoms with Crippen LogP contribution in [0, 0.1) is 6.92 Å². The predicted octanol–water partition coefficient (Wildman–Crippen LogP) is 3.21. The fraction of sp³-hybridized carbons (Fsp3) is 0.316. The third kappa shape index (κ3) is 5.20. The summed E-state index contributed by atoms with van der Waals surface area (Å²) < 4.78 is 22.9. The Morgan fingerprint density at radius 3 is 2.17 bits per heavy atom. The predicted molar refractivity (Wildman–Crippen MR) is 95.6 cm³/mol. The number of carbonyl (C=O) groups excluding carboxylic acids is 1. The Morgan fingerprint density at radius 2 is 1.62 bits per heavy atom. The SMILES string of the molecule is Cc1ccc(CCC(=O)NC(C)c2ccc(S(C)(=O)=O)cc2)cc1. The maximum Gasteiger partial charge on any atom is 0.220 e. The van der Waals surface area contributed by atoms with Crippen molar-refractivity contribution in [1.82, 2.24) is 5.32 Å². The van der Waals surface area contributed by atoms with Gasteiger partial charge < -0.3 is 5.32 Å². The summed E-state index contributed by atoms with van der Waals surface area (Å²) in [5, 5.41) is 2.95. The molecule has 0 saturated carbocycles. The van der Waals surface area contributed by atoms with Gasteiger partial charge in [0.25, 0.3) is 0 Å². The zero-order valence-corrected chi connectivity index (χ0v) is 15.1. The van der Waals surface area contributed by atoms with Gasteiger partial charge in [-0.15, -0.1) is 0 Å². The van der Waals surface area contributed by atoms with Gasteiger partial charge in [-0.2, -0.15) is 0 Å². The summed E-state index contributed by atoms with van der Waals surface area (Å²) in [5.41, 5.74) is 3.22. The molecule has 1 atom stereocenters. The van der Waals surface area contributed by atoms with Crippen molar-refractivity contribution < 1.29 is 13.2 Å². The summed E-state index contributed by atoms with van der Waals surface area (Å²) in [4.78, 5) is 12.4. The average molecular weight is 345 g/mol. The van der Waals surface area contributed by atoms with Crippen molar-refractivity contribution in [3.8, 4) is 0 Å². The maximum atomic E-state index is 12.1. The molecule has 2 aromatic rings. The Bertz CT molecular complexity index is 794. The molecule has 0 heterocycles. The van der Waals surface area contributed by atoms with Crippen molar-refractivity contribution in [2.24, 2.45) is 0 Å². The van der Waals surface area contributed by atoms with Gasteiger partial charge in [0.1, 0.15) is 0 Å². The number of nitrogens with one attached hydrogen (secondary N) is 1. The number of hydrogen-bond acceptors (Lipinski definition) is 3. The fourth-order valence-corrected chi connectivity index (χ4v) is 3.04. The van der Waals surface area contributed by atoms with Gasteiger partial charge in [-0.25, -0.2) is 8.42 Å². The minimum absolute atomic E-state index is 0.0183. The smallest absolute Gasteiger partial charge is 0.220 e. The molecular weight excluding hydrogens is 322 g/mol. The van der Waals surface area contributed by atoms with E-state index >= 15 is 0 Å². The molecule has 0 bridgehead atoms. The molecular formula is C19H23NO3S. The molecule has 0 saturated heterocycles. The maximum absolute atomic E-state index is 12.1. The lowest BCUT2D eigenvalue weighted by Gasteiger charge is -2.15. The first-order chi connectivity index (χ1) is 11.3. The molecule has 1 amide bonds. The van der Waals surface area contributed by atoms with Crippen molar-refractivity contribution in [1.29, 1.82) is 0 Å². The molecule has 0 spiro atoms. The Kier molecular flexibility index (Phi) is 5.78. The summed E-state index contributed by atoms with van der Waals surface area (Å²) in [6.45, 7) is 3.92. The second-order valence-electron chi connectivity index (χ2n) is 6.12. The van der Waals surface area contributed by atoms with E-state index in [1.807, 2.05) is 38.1 Å². The first-order valence-electron chi connectivity index (χ1n) is 7.90. The lowest BCUT2D eigenvalue weighted by atomic mass is 10.1. The van der Waals surface area contributed by atoms with Gasteiger partial charge in [-0.1, -0.05) is 42.0 Å². The molecule has 1 N–H and O–H groups in total. The number of aryl methyl sites for hydroxylation is 2. The van der Waals surface area contributed by atoms with E-state index < -0.39 is 9.84 Å². The quantitative estimate of drug-likeness (QED) is 0.874. The summed E-state index contributed by atoms with van der Waals surface area (Å²) in [6.07, 6.45) is 2.30. The number of sulfone groups is 1. The lowest BCUT2D eigenvalue weighted by Crippen LogP contribution is -2.26. The largest absolute Gasteiger partial charge is 0.350 e. The van der Waals surface area contributed by atoms with Crippen molar-refractivity contribution in [2.45, 2.75) is 37.6 Å². The molecule has 0 aromatic heterocycles. The third-order valence-electron chi connectivity index (χ3n) is 3.95. The zero-order valence-electron chi connectivity index (χ0n) is 14.2. The van der Waals surface area contributed by atoms with Crippen LogP contribution in [0.5, 0.6) is 0 Å². The molecule has 0 aliphatic carbocycles. The molecule has 0 fully saturated rings. The van der Waals surface area contributed by atoms with Gasteiger partial charge in [0.15, 0.2) is 9.84 Å². The molecule has 2 rings (SSSR count). The van der Waals surface area contributed by atoms with E-state index in [9.17, 15) is 13.2 Å². The van der Waals surface area contributed by atoms with Crippen LogP contribution in [0.15, 0.2) is 53.4 Å². The molecule has 4 nitrogen and oxygen atoms in total. The lowest BCUT2D eigenvalue weighted by molar-refractivity contribution is -0.121. The van der Waals surface area contributed by atoms with E-state index in [0.717, 1.165) is 11.1 Å². The monoisotopic (exact) mass is 345 g/mol. The zero-order chi connectivity index (χ0) is 17.7. The topological polar surface area (TPSA) is 63.2 Å². The first-order valence-corrected chi connectivity index (χ1v) is 9.80. The molecule has 0 aliphatic rings. The summed E-state index contributed by atoms with van der Waals surface area (Å²) in [6, 6.07) is 14.6. The van der Waals surface area contributed by atoms with Crippen LogP contribution in [0.2, 0.25) is 0 Å². The molecule has 0 radical (unpaired) electrons. The highest BCUT2D eigenvalue weighted by atomic mass is 32.2. The van der Waals surface area contributed by atoms with Crippen molar-refractivity contribution in [3.05, 3.63) is 65.2 Å². The van der Waals surface area contributed by atoms with Gasteiger partial charge in [-0.05, 0) is 43.5 Å². The number of amides is 1. The second-order valence-corrected chi connectivity index (χ2v) is 8.13. The molecule has 2 aromatic carbocycles. The first kappa shape index (κ1) is 18.2. The van der Waals surface area contributed by atoms with Crippen LogP contribution in [0.4, 0.5) is 0 Å². The van der Waals surface area contributed by atoms with E-state index in [4.69, 9.17) is 0 Å². The molecule has 0 aliphatic heterocycles. The fourth-order valence-electron chi connectivity index (χ4n) is 2.41. The normalized spacial score (nSPS) is 12.6. The molecule has 128 valence electrons. The van der Waals surface area contributed by atoms with Crippen molar-refractivity contribution in [3.63, 3.8) is 0 Å². The summed E-state index contributed by atoms with van der Waals surface area (Å²) in [5.74, 6) is -0.0183. The van der Waals surface area contributed by atoms with E-state index in [-0.39, 0.29) is 16.8 Å². The number of benzene rings is 2. The van der Waals surface area contributed by atoms with Gasteiger partial charge in [0.2, 0.25) is 5.91 Å². The minimum Gasteiger partial charge on any atom is -0.350 e. The molecule has 5 heteroatoms. The van der Waals surface area contributed by atoms with E-state index in [1.165, 1.54) is 11.8 Å². The summed E-state index contributed by atoms with van der Waals surface area (Å²) in [7, 11) is -3.20. The van der Waals surface area contributed by atoms with Crippen LogP contribution in [0.1, 0.15) is 36.1 Å². The molecule has 1 unspecified atom stereocenters. The van der Waals surface area contributed by atoms with Crippen LogP contribution in [0.25, 0.3) is 0 Å². The van der Waals surface area contributed by atoms with E-state index in [2.05, 4.69) is 5.32 Å². The Labute approximate surface area is 143 Å². The van der Waals surface area contributed by atoms with Crippen LogP contribution in [-0.4, -0.2) is 20.6 Å². The van der Waals surface area contributed by atoms with Gasteiger partial charge >= 0.3 is 0 Å². The second kappa shape index (κ2) is 7.62. The van der Waals surface area contributed by atoms with Crippen molar-refractivity contribution >= 4 is 15.7 Å². The Balaban J connectivity index is 1.90. The van der Waals surface area contributed by atoms with E-state index in [0.29, 0.717) is 12.8 Å². The van der Waals surface area contributed by atoms with E-state index in [1.54, 1.807) is 24.3 Å². The highest BCUT2D eigenvalue weighted by Gasteiger charge is 2.12. The van der Waals surface area contributed by atoms with Crippen LogP contribution in [-0.2, 0) is 21.1 Å². The van der Waals surface area contributed by atoms with Gasteiger partial charge in [0, 0.05) is 12.7 Å². The average Bonchev–Trinajstić information content (AvgIpc) is 2.53. The highest BCUT2D eigenvalue weighted by molar-refractivity contribution is 7.90. The molecule has 24 heavy (non-hydrogen) atoms. The standard InChI is InChI=1S/C19H23NO3S/c1-14-4-6-16(7-5-14)8-13-19(21)20-15(2)17-9-11-18(12-10-17)24(3,22)23/h4-7,9-12,15H,8,13H2,1-3H3,(H,20,21). The number of carbonyl (C=O) groups is 1. The van der Waals surface area contributed by atoms with Crippen LogP contribution < -0.4 is 5.32 Å². The number of hydrogen-bond donors (Lipinski definition) is 1. The highest BCUT2D eigenvalue weighted by Crippen LogP contribution is 2.16. The third-order valence-corrected chi connectivity index (χ3v) is 5.08. The van der Waals surface area contributed by atoms with Crippen LogP contribution in [0.3, 0.4) is 0 Å². The Morgan fingerprint density at radius 1 is 1.04 bits per heavy atom.